The first-order valence-electron chi connectivity index (χ1n) is 8.67. The summed E-state index contributed by atoms with van der Waals surface area (Å²) in [6.07, 6.45) is 1.70. The molecule has 1 atom stereocenters. The number of nitrogens with one attached hydrogen (secondary N) is 1. The minimum absolute atomic E-state index is 0.00948. The van der Waals surface area contributed by atoms with Gasteiger partial charge in [0.2, 0.25) is 15.9 Å². The highest BCUT2D eigenvalue weighted by Gasteiger charge is 2.39. The second-order valence-electron chi connectivity index (χ2n) is 6.40. The topological polar surface area (TPSA) is 66.5 Å². The first-order chi connectivity index (χ1) is 12.9. The molecule has 1 amide bonds. The number of carbonyl (C=O) groups is 1. The predicted octanol–water partition coefficient (Wildman–Crippen LogP) is 2.99. The zero-order chi connectivity index (χ0) is 19.4. The number of rotatable bonds is 6. The number of benzene rings is 2. The molecule has 0 aliphatic carbocycles. The van der Waals surface area contributed by atoms with Crippen molar-refractivity contribution >= 4 is 27.5 Å². The van der Waals surface area contributed by atoms with E-state index in [0.717, 1.165) is 17.7 Å². The Balaban J connectivity index is 1.63. The van der Waals surface area contributed by atoms with Crippen LogP contribution in [0, 0.1) is 5.82 Å². The van der Waals surface area contributed by atoms with Gasteiger partial charge in [-0.25, -0.2) is 12.8 Å². The van der Waals surface area contributed by atoms with Crippen LogP contribution in [-0.4, -0.2) is 37.8 Å². The van der Waals surface area contributed by atoms with Crippen molar-refractivity contribution in [2.24, 2.45) is 0 Å². The van der Waals surface area contributed by atoms with Gasteiger partial charge >= 0.3 is 0 Å². The summed E-state index contributed by atoms with van der Waals surface area (Å²) in [5, 5.41) is 3.46. The zero-order valence-electron chi connectivity index (χ0n) is 14.6. The monoisotopic (exact) mass is 410 g/mol. The summed E-state index contributed by atoms with van der Waals surface area (Å²) in [7, 11) is -3.84. The van der Waals surface area contributed by atoms with Crippen molar-refractivity contribution in [3.63, 3.8) is 0 Å². The predicted molar refractivity (Wildman–Crippen MR) is 101 cm³/mol. The Kier molecular flexibility index (Phi) is 6.14. The number of amides is 1. The molecule has 0 spiro atoms. The normalized spacial score (nSPS) is 17.8. The van der Waals surface area contributed by atoms with Crippen LogP contribution in [0.3, 0.4) is 0 Å². The number of hydrogen-bond acceptors (Lipinski definition) is 3. The third-order valence-corrected chi connectivity index (χ3v) is 6.73. The van der Waals surface area contributed by atoms with Gasteiger partial charge in [0.25, 0.3) is 0 Å². The molecule has 1 saturated heterocycles. The molecule has 1 unspecified atom stereocenters. The van der Waals surface area contributed by atoms with Gasteiger partial charge in [-0.3, -0.25) is 4.79 Å². The summed E-state index contributed by atoms with van der Waals surface area (Å²) in [4.78, 5) is 12.5. The molecular formula is C19H20ClFN2O3S. The van der Waals surface area contributed by atoms with Crippen LogP contribution in [0.15, 0.2) is 53.4 Å². The zero-order valence-corrected chi connectivity index (χ0v) is 16.1. The third-order valence-electron chi connectivity index (χ3n) is 4.55. The molecular weight excluding hydrogens is 391 g/mol. The van der Waals surface area contributed by atoms with Crippen LogP contribution < -0.4 is 5.32 Å². The van der Waals surface area contributed by atoms with E-state index in [1.165, 1.54) is 16.4 Å². The molecule has 1 fully saturated rings. The quantitative estimate of drug-likeness (QED) is 0.796. The maximum Gasteiger partial charge on any atom is 0.243 e. The Morgan fingerprint density at radius 3 is 2.48 bits per heavy atom. The molecule has 1 heterocycles. The SMILES string of the molecule is O=C(NCCc1ccc(Cl)cc1)C1CCCN1S(=O)(=O)c1ccc(F)cc1. The number of halogens is 2. The van der Waals surface area contributed by atoms with Crippen LogP contribution in [-0.2, 0) is 21.2 Å². The Hall–Kier alpha value is -1.96. The van der Waals surface area contributed by atoms with Crippen molar-refractivity contribution in [3.05, 3.63) is 64.9 Å². The van der Waals surface area contributed by atoms with E-state index >= 15 is 0 Å². The second-order valence-corrected chi connectivity index (χ2v) is 8.72. The summed E-state index contributed by atoms with van der Waals surface area (Å²) in [6.45, 7) is 0.677. The summed E-state index contributed by atoms with van der Waals surface area (Å²) in [5.41, 5.74) is 1.03. The molecule has 0 saturated carbocycles. The Morgan fingerprint density at radius 2 is 1.81 bits per heavy atom. The van der Waals surface area contributed by atoms with E-state index in [1.54, 1.807) is 12.1 Å². The van der Waals surface area contributed by atoms with E-state index < -0.39 is 21.9 Å². The van der Waals surface area contributed by atoms with Crippen molar-refractivity contribution < 1.29 is 17.6 Å². The maximum atomic E-state index is 13.1. The first-order valence-corrected chi connectivity index (χ1v) is 10.5. The van der Waals surface area contributed by atoms with Crippen molar-refractivity contribution in [2.75, 3.05) is 13.1 Å². The van der Waals surface area contributed by atoms with Crippen LogP contribution in [0.1, 0.15) is 18.4 Å². The number of nitrogens with zero attached hydrogens (tertiary/aromatic N) is 1. The summed E-state index contributed by atoms with van der Waals surface area (Å²) in [5.74, 6) is -0.820. The molecule has 3 rings (SSSR count). The molecule has 1 aliphatic rings. The van der Waals surface area contributed by atoms with Crippen LogP contribution >= 0.6 is 11.6 Å². The van der Waals surface area contributed by atoms with Gasteiger partial charge in [0.1, 0.15) is 11.9 Å². The van der Waals surface area contributed by atoms with Gasteiger partial charge in [-0.15, -0.1) is 0 Å². The van der Waals surface area contributed by atoms with Gasteiger partial charge in [-0.2, -0.15) is 4.31 Å². The van der Waals surface area contributed by atoms with Gasteiger partial charge in [-0.1, -0.05) is 23.7 Å². The molecule has 5 nitrogen and oxygen atoms in total. The molecule has 8 heteroatoms. The van der Waals surface area contributed by atoms with Crippen LogP contribution in [0.5, 0.6) is 0 Å². The van der Waals surface area contributed by atoms with Gasteiger partial charge in [0.05, 0.1) is 4.90 Å². The van der Waals surface area contributed by atoms with Crippen LogP contribution in [0.2, 0.25) is 5.02 Å². The fraction of sp³-hybridized carbons (Fsp3) is 0.316. The lowest BCUT2D eigenvalue weighted by atomic mass is 10.1. The van der Waals surface area contributed by atoms with Crippen molar-refractivity contribution in [2.45, 2.75) is 30.2 Å². The number of sulfonamides is 1. The number of carbonyl (C=O) groups excluding carboxylic acids is 1. The maximum absolute atomic E-state index is 13.1. The summed E-state index contributed by atoms with van der Waals surface area (Å²) >= 11 is 5.85. The largest absolute Gasteiger partial charge is 0.354 e. The molecule has 1 N–H and O–H groups in total. The highest BCUT2D eigenvalue weighted by Crippen LogP contribution is 2.26. The fourth-order valence-corrected chi connectivity index (χ4v) is 4.91. The van der Waals surface area contributed by atoms with Crippen LogP contribution in [0.4, 0.5) is 4.39 Å². The lowest BCUT2D eigenvalue weighted by Crippen LogP contribution is -2.46. The van der Waals surface area contributed by atoms with Crippen molar-refractivity contribution in [3.8, 4) is 0 Å². The molecule has 1 aliphatic heterocycles. The Bertz CT molecular complexity index is 902. The highest BCUT2D eigenvalue weighted by molar-refractivity contribution is 7.89. The first kappa shape index (κ1) is 19.8. The average molecular weight is 411 g/mol. The summed E-state index contributed by atoms with van der Waals surface area (Å²) < 4.78 is 39.9. The lowest BCUT2D eigenvalue weighted by Gasteiger charge is -2.23. The second kappa shape index (κ2) is 8.37. The van der Waals surface area contributed by atoms with E-state index in [0.29, 0.717) is 30.8 Å². The van der Waals surface area contributed by atoms with E-state index in [4.69, 9.17) is 11.6 Å². The van der Waals surface area contributed by atoms with Gasteiger partial charge < -0.3 is 5.32 Å². The van der Waals surface area contributed by atoms with Crippen LogP contribution in [0.25, 0.3) is 0 Å². The molecule has 0 radical (unpaired) electrons. The smallest absolute Gasteiger partial charge is 0.243 e. The molecule has 27 heavy (non-hydrogen) atoms. The summed E-state index contributed by atoms with van der Waals surface area (Å²) in [6, 6.07) is 11.2. The Morgan fingerprint density at radius 1 is 1.15 bits per heavy atom. The van der Waals surface area contributed by atoms with Gasteiger partial charge in [0, 0.05) is 18.1 Å². The molecule has 2 aromatic carbocycles. The van der Waals surface area contributed by atoms with E-state index in [2.05, 4.69) is 5.32 Å². The minimum Gasteiger partial charge on any atom is -0.354 e. The standard InChI is InChI=1S/C19H20ClFN2O3S/c20-15-5-3-14(4-6-15)11-12-22-19(24)18-2-1-13-23(18)27(25,26)17-9-7-16(21)8-10-17/h3-10,18H,1-2,11-13H2,(H,22,24). The molecule has 2 aromatic rings. The number of hydrogen-bond donors (Lipinski definition) is 1. The third kappa shape index (κ3) is 4.66. The molecule has 144 valence electrons. The van der Waals surface area contributed by atoms with Crippen molar-refractivity contribution in [1.82, 2.24) is 9.62 Å². The lowest BCUT2D eigenvalue weighted by molar-refractivity contribution is -0.124. The fourth-order valence-electron chi connectivity index (χ4n) is 3.13. The Labute approximate surface area is 163 Å². The van der Waals surface area contributed by atoms with Crippen molar-refractivity contribution in [1.29, 1.82) is 0 Å². The molecule has 0 bridgehead atoms. The highest BCUT2D eigenvalue weighted by atomic mass is 35.5. The van der Waals surface area contributed by atoms with E-state index in [1.807, 2.05) is 12.1 Å². The average Bonchev–Trinajstić information content (AvgIpc) is 3.14. The molecule has 0 aromatic heterocycles. The van der Waals surface area contributed by atoms with Gasteiger partial charge in [0.15, 0.2) is 0 Å². The van der Waals surface area contributed by atoms with E-state index in [-0.39, 0.29) is 17.3 Å². The van der Waals surface area contributed by atoms with Gasteiger partial charge in [-0.05, 0) is 61.2 Å². The van der Waals surface area contributed by atoms with E-state index in [9.17, 15) is 17.6 Å². The minimum atomic E-state index is -3.84.